The summed E-state index contributed by atoms with van der Waals surface area (Å²) in [5.74, 6) is 6.33. The molecule has 2 aromatic carbocycles. The van der Waals surface area contributed by atoms with Gasteiger partial charge in [0, 0.05) is 28.2 Å². The summed E-state index contributed by atoms with van der Waals surface area (Å²) in [5, 5.41) is 5.02. The molecule has 120 valence electrons. The summed E-state index contributed by atoms with van der Waals surface area (Å²) in [5.41, 5.74) is 5.33. The monoisotopic (exact) mass is 314 g/mol. The number of benzene rings is 2. The van der Waals surface area contributed by atoms with Crippen LogP contribution in [-0.4, -0.2) is 11.1 Å². The molecule has 1 aliphatic heterocycles. The first kappa shape index (κ1) is 15.1. The molecule has 0 amide bonds. The Bertz CT molecular complexity index is 904. The fourth-order valence-electron chi connectivity index (χ4n) is 3.84. The van der Waals surface area contributed by atoms with Crippen LogP contribution in [0.3, 0.4) is 0 Å². The van der Waals surface area contributed by atoms with Crippen LogP contribution in [0, 0.1) is 11.8 Å². The molecule has 0 bridgehead atoms. The lowest BCUT2D eigenvalue weighted by Crippen LogP contribution is -2.17. The first-order valence-electron chi connectivity index (χ1n) is 8.69. The maximum atomic E-state index is 3.69. The molecule has 0 saturated carbocycles. The molecule has 3 aromatic rings. The smallest absolute Gasteiger partial charge is 0.0841 e. The van der Waals surface area contributed by atoms with Gasteiger partial charge < -0.3 is 9.88 Å². The van der Waals surface area contributed by atoms with Gasteiger partial charge in [-0.2, -0.15) is 0 Å². The molecule has 0 spiro atoms. The number of fused-ring (bicyclic) bond motifs is 1. The highest BCUT2D eigenvalue weighted by atomic mass is 15.1. The van der Waals surface area contributed by atoms with E-state index in [0.717, 1.165) is 13.1 Å². The number of hydrogen-bond acceptors (Lipinski definition) is 1. The number of aromatic nitrogens is 1. The van der Waals surface area contributed by atoms with E-state index in [0.29, 0.717) is 6.04 Å². The van der Waals surface area contributed by atoms with Crippen molar-refractivity contribution in [3.8, 4) is 23.0 Å². The summed E-state index contributed by atoms with van der Waals surface area (Å²) < 4.78 is 2.41. The van der Waals surface area contributed by atoms with E-state index in [-0.39, 0.29) is 0 Å². The van der Waals surface area contributed by atoms with Gasteiger partial charge in [-0.05, 0) is 37.9 Å². The predicted molar refractivity (Wildman–Crippen MR) is 101 cm³/mol. The molecule has 4 rings (SSSR count). The Morgan fingerprint density at radius 3 is 2.62 bits per heavy atom. The minimum absolute atomic E-state index is 0.409. The van der Waals surface area contributed by atoms with Crippen molar-refractivity contribution in [2.45, 2.75) is 32.4 Å². The molecule has 1 atom stereocenters. The molecule has 1 unspecified atom stereocenters. The van der Waals surface area contributed by atoms with Gasteiger partial charge in [0.05, 0.1) is 6.54 Å². The molecule has 0 aliphatic carbocycles. The second-order valence-corrected chi connectivity index (χ2v) is 6.31. The van der Waals surface area contributed by atoms with E-state index in [1.165, 1.54) is 40.6 Å². The molecular weight excluding hydrogens is 292 g/mol. The van der Waals surface area contributed by atoms with Crippen LogP contribution in [0.1, 0.15) is 31.5 Å². The Balaban J connectivity index is 2.03. The Morgan fingerprint density at radius 1 is 1.08 bits per heavy atom. The van der Waals surface area contributed by atoms with Crippen molar-refractivity contribution in [2.24, 2.45) is 0 Å². The minimum Gasteiger partial charge on any atom is -0.331 e. The van der Waals surface area contributed by atoms with Crippen molar-refractivity contribution in [3.05, 3.63) is 60.3 Å². The number of hydrogen-bond donors (Lipinski definition) is 1. The van der Waals surface area contributed by atoms with Gasteiger partial charge in [-0.3, -0.25) is 0 Å². The SMILES string of the molecule is CC#CCn1c(C2CCCN2)c(-c2ccccc2)c2ccccc21. The maximum absolute atomic E-state index is 3.69. The summed E-state index contributed by atoms with van der Waals surface area (Å²) in [7, 11) is 0. The largest absolute Gasteiger partial charge is 0.331 e. The molecule has 2 heterocycles. The molecule has 24 heavy (non-hydrogen) atoms. The van der Waals surface area contributed by atoms with Gasteiger partial charge in [0.1, 0.15) is 0 Å². The zero-order chi connectivity index (χ0) is 16.4. The van der Waals surface area contributed by atoms with E-state index in [1.54, 1.807) is 0 Å². The third kappa shape index (κ3) is 2.52. The lowest BCUT2D eigenvalue weighted by Gasteiger charge is -2.17. The highest BCUT2D eigenvalue weighted by Crippen LogP contribution is 2.40. The van der Waals surface area contributed by atoms with Crippen molar-refractivity contribution in [2.75, 3.05) is 6.54 Å². The number of nitrogens with one attached hydrogen (secondary N) is 1. The van der Waals surface area contributed by atoms with Crippen molar-refractivity contribution in [1.29, 1.82) is 0 Å². The van der Waals surface area contributed by atoms with Crippen LogP contribution in [0.2, 0.25) is 0 Å². The Hall–Kier alpha value is -2.50. The summed E-state index contributed by atoms with van der Waals surface area (Å²) in [6.07, 6.45) is 2.43. The molecule has 1 fully saturated rings. The third-order valence-corrected chi connectivity index (χ3v) is 4.88. The summed E-state index contributed by atoms with van der Waals surface area (Å²) in [6, 6.07) is 19.9. The molecule has 0 radical (unpaired) electrons. The first-order chi connectivity index (χ1) is 11.9. The zero-order valence-corrected chi connectivity index (χ0v) is 14.0. The Morgan fingerprint density at radius 2 is 1.88 bits per heavy atom. The highest BCUT2D eigenvalue weighted by molar-refractivity contribution is 5.98. The van der Waals surface area contributed by atoms with Gasteiger partial charge in [0.2, 0.25) is 0 Å². The summed E-state index contributed by atoms with van der Waals surface area (Å²) in [6.45, 7) is 3.76. The first-order valence-corrected chi connectivity index (χ1v) is 8.69. The van der Waals surface area contributed by atoms with Gasteiger partial charge in [-0.15, -0.1) is 5.92 Å². The van der Waals surface area contributed by atoms with Gasteiger partial charge in [-0.25, -0.2) is 0 Å². The van der Waals surface area contributed by atoms with Crippen LogP contribution < -0.4 is 5.32 Å². The van der Waals surface area contributed by atoms with Gasteiger partial charge in [0.15, 0.2) is 0 Å². The van der Waals surface area contributed by atoms with E-state index >= 15 is 0 Å². The van der Waals surface area contributed by atoms with Crippen LogP contribution in [0.5, 0.6) is 0 Å². The molecule has 2 nitrogen and oxygen atoms in total. The molecule has 1 aromatic heterocycles. The van der Waals surface area contributed by atoms with Crippen LogP contribution in [0.25, 0.3) is 22.0 Å². The van der Waals surface area contributed by atoms with E-state index in [4.69, 9.17) is 0 Å². The lowest BCUT2D eigenvalue weighted by atomic mass is 9.98. The number of nitrogens with zero attached hydrogens (tertiary/aromatic N) is 1. The predicted octanol–water partition coefficient (Wildman–Crippen LogP) is 4.76. The van der Waals surface area contributed by atoms with Gasteiger partial charge in [0.25, 0.3) is 0 Å². The summed E-state index contributed by atoms with van der Waals surface area (Å²) in [4.78, 5) is 0. The second kappa shape index (κ2) is 6.55. The molecule has 1 aliphatic rings. The normalized spacial score (nSPS) is 17.0. The Kier molecular flexibility index (Phi) is 4.11. The van der Waals surface area contributed by atoms with E-state index in [1.807, 2.05) is 6.92 Å². The van der Waals surface area contributed by atoms with Crippen LogP contribution in [0.15, 0.2) is 54.6 Å². The standard InChI is InChI=1S/C22H22N2/c1-2-3-16-24-20-14-8-7-12-18(20)21(17-10-5-4-6-11-17)22(24)19-13-9-15-23-19/h4-8,10-12,14,19,23H,9,13,15-16H2,1H3. The number of para-hydroxylation sites is 1. The highest BCUT2D eigenvalue weighted by Gasteiger charge is 2.26. The van der Waals surface area contributed by atoms with E-state index < -0.39 is 0 Å². The third-order valence-electron chi connectivity index (χ3n) is 4.88. The van der Waals surface area contributed by atoms with Crippen LogP contribution >= 0.6 is 0 Å². The van der Waals surface area contributed by atoms with Gasteiger partial charge in [-0.1, -0.05) is 54.5 Å². The molecular formula is C22H22N2. The van der Waals surface area contributed by atoms with Crippen molar-refractivity contribution in [1.82, 2.24) is 9.88 Å². The molecule has 1 saturated heterocycles. The lowest BCUT2D eigenvalue weighted by molar-refractivity contribution is 0.598. The van der Waals surface area contributed by atoms with Crippen molar-refractivity contribution < 1.29 is 0 Å². The second-order valence-electron chi connectivity index (χ2n) is 6.31. The molecule has 1 N–H and O–H groups in total. The van der Waals surface area contributed by atoms with Gasteiger partial charge >= 0.3 is 0 Å². The zero-order valence-electron chi connectivity index (χ0n) is 14.0. The topological polar surface area (TPSA) is 17.0 Å². The fraction of sp³-hybridized carbons (Fsp3) is 0.273. The average Bonchev–Trinajstić information content (AvgIpc) is 3.26. The summed E-state index contributed by atoms with van der Waals surface area (Å²) >= 11 is 0. The Labute approximate surface area is 143 Å². The minimum atomic E-state index is 0.409. The van der Waals surface area contributed by atoms with Crippen molar-refractivity contribution >= 4 is 10.9 Å². The van der Waals surface area contributed by atoms with E-state index in [9.17, 15) is 0 Å². The van der Waals surface area contributed by atoms with Crippen LogP contribution in [-0.2, 0) is 6.54 Å². The number of rotatable bonds is 3. The fourth-order valence-corrected chi connectivity index (χ4v) is 3.84. The van der Waals surface area contributed by atoms with E-state index in [2.05, 4.69) is 76.3 Å². The molecule has 2 heteroatoms. The van der Waals surface area contributed by atoms with Crippen molar-refractivity contribution in [3.63, 3.8) is 0 Å². The average molecular weight is 314 g/mol. The maximum Gasteiger partial charge on any atom is 0.0841 e. The quantitative estimate of drug-likeness (QED) is 0.690. The van der Waals surface area contributed by atoms with Crippen LogP contribution in [0.4, 0.5) is 0 Å².